The summed E-state index contributed by atoms with van der Waals surface area (Å²) < 4.78 is 6.86. The number of furan rings is 1. The highest BCUT2D eigenvalue weighted by Gasteiger charge is 2.48. The summed E-state index contributed by atoms with van der Waals surface area (Å²) in [5, 5.41) is 5.88. The molecule has 0 radical (unpaired) electrons. The molecule has 1 unspecified atom stereocenters. The van der Waals surface area contributed by atoms with Crippen LogP contribution in [0.3, 0.4) is 0 Å². The van der Waals surface area contributed by atoms with E-state index in [1.165, 1.54) is 12.6 Å². The SMILES string of the molecule is CCCN1C(=O)c2c(C(=O)NCc3ccco3)ncn2CC1(C)C(=O)NC1CCCC1. The lowest BCUT2D eigenvalue weighted by atomic mass is 9.93. The zero-order valence-corrected chi connectivity index (χ0v) is 18.0. The molecule has 9 heteroatoms. The van der Waals surface area contributed by atoms with Gasteiger partial charge in [0.25, 0.3) is 11.8 Å². The standard InChI is InChI=1S/C22H29N5O4/c1-3-10-27-20(29)18-17(19(28)23-12-16-9-6-11-31-16)24-14-26(18)13-22(27,2)21(30)25-15-7-4-5-8-15/h6,9,11,14-15H,3-5,7-8,10,12-13H2,1-2H3,(H,23,28)(H,25,30). The van der Waals surface area contributed by atoms with Gasteiger partial charge in [0.05, 0.1) is 25.7 Å². The van der Waals surface area contributed by atoms with E-state index in [1.807, 2.05) is 6.92 Å². The zero-order chi connectivity index (χ0) is 22.0. The van der Waals surface area contributed by atoms with Crippen LogP contribution in [0, 0.1) is 0 Å². The van der Waals surface area contributed by atoms with Gasteiger partial charge >= 0.3 is 0 Å². The highest BCUT2D eigenvalue weighted by Crippen LogP contribution is 2.30. The fourth-order valence-corrected chi connectivity index (χ4v) is 4.50. The molecular weight excluding hydrogens is 398 g/mol. The van der Waals surface area contributed by atoms with Crippen LogP contribution in [-0.2, 0) is 17.9 Å². The summed E-state index contributed by atoms with van der Waals surface area (Å²) >= 11 is 0. The minimum Gasteiger partial charge on any atom is -0.467 e. The second-order valence-corrected chi connectivity index (χ2v) is 8.52. The number of amides is 3. The fourth-order valence-electron chi connectivity index (χ4n) is 4.50. The second kappa shape index (κ2) is 8.56. The Morgan fingerprint density at radius 2 is 2.10 bits per heavy atom. The smallest absolute Gasteiger partial charge is 0.273 e. The van der Waals surface area contributed by atoms with E-state index in [1.54, 1.807) is 28.5 Å². The van der Waals surface area contributed by atoms with Gasteiger partial charge in [-0.1, -0.05) is 19.8 Å². The van der Waals surface area contributed by atoms with Gasteiger partial charge in [0, 0.05) is 12.6 Å². The van der Waals surface area contributed by atoms with Crippen molar-refractivity contribution in [2.24, 2.45) is 0 Å². The molecule has 2 aliphatic rings. The van der Waals surface area contributed by atoms with E-state index in [-0.39, 0.29) is 42.3 Å². The van der Waals surface area contributed by atoms with Gasteiger partial charge in [0.15, 0.2) is 5.69 Å². The molecule has 3 heterocycles. The van der Waals surface area contributed by atoms with Gasteiger partial charge in [-0.15, -0.1) is 0 Å². The van der Waals surface area contributed by atoms with E-state index < -0.39 is 11.4 Å². The minimum absolute atomic E-state index is 0.0657. The van der Waals surface area contributed by atoms with Crippen LogP contribution in [0.25, 0.3) is 0 Å². The van der Waals surface area contributed by atoms with Crippen LogP contribution < -0.4 is 10.6 Å². The Kier molecular flexibility index (Phi) is 5.84. The number of hydrogen-bond donors (Lipinski definition) is 2. The molecule has 1 atom stereocenters. The van der Waals surface area contributed by atoms with Gasteiger partial charge in [-0.3, -0.25) is 14.4 Å². The normalized spacial score (nSPS) is 21.2. The van der Waals surface area contributed by atoms with Crippen molar-refractivity contribution >= 4 is 17.7 Å². The van der Waals surface area contributed by atoms with E-state index in [2.05, 4.69) is 15.6 Å². The Labute approximate surface area is 181 Å². The second-order valence-electron chi connectivity index (χ2n) is 8.52. The summed E-state index contributed by atoms with van der Waals surface area (Å²) in [6, 6.07) is 3.66. The molecular formula is C22H29N5O4. The summed E-state index contributed by atoms with van der Waals surface area (Å²) in [7, 11) is 0. The Bertz CT molecular complexity index is 961. The Morgan fingerprint density at radius 3 is 2.77 bits per heavy atom. The molecule has 0 bridgehead atoms. The zero-order valence-electron chi connectivity index (χ0n) is 18.0. The first-order valence-electron chi connectivity index (χ1n) is 10.9. The average Bonchev–Trinajstić information content (AvgIpc) is 3.51. The average molecular weight is 428 g/mol. The molecule has 1 fully saturated rings. The molecule has 1 saturated carbocycles. The first kappa shape index (κ1) is 21.1. The Morgan fingerprint density at radius 1 is 1.32 bits per heavy atom. The van der Waals surface area contributed by atoms with E-state index >= 15 is 0 Å². The molecule has 1 aliphatic heterocycles. The van der Waals surface area contributed by atoms with Crippen LogP contribution in [0.4, 0.5) is 0 Å². The van der Waals surface area contributed by atoms with Crippen molar-refractivity contribution in [2.75, 3.05) is 6.54 Å². The maximum Gasteiger partial charge on any atom is 0.273 e. The van der Waals surface area contributed by atoms with Crippen LogP contribution in [0.2, 0.25) is 0 Å². The lowest BCUT2D eigenvalue weighted by Crippen LogP contribution is -2.65. The molecule has 31 heavy (non-hydrogen) atoms. The van der Waals surface area contributed by atoms with Gasteiger partial charge in [0.2, 0.25) is 5.91 Å². The number of nitrogens with one attached hydrogen (secondary N) is 2. The molecule has 2 N–H and O–H groups in total. The van der Waals surface area contributed by atoms with Gasteiger partial charge in [-0.25, -0.2) is 4.98 Å². The van der Waals surface area contributed by atoms with E-state index in [0.29, 0.717) is 18.7 Å². The topological polar surface area (TPSA) is 109 Å². The molecule has 3 amide bonds. The largest absolute Gasteiger partial charge is 0.467 e. The molecule has 166 valence electrons. The quantitative estimate of drug-likeness (QED) is 0.703. The molecule has 0 spiro atoms. The van der Waals surface area contributed by atoms with E-state index in [0.717, 1.165) is 25.7 Å². The molecule has 9 nitrogen and oxygen atoms in total. The van der Waals surface area contributed by atoms with Crippen molar-refractivity contribution in [3.8, 4) is 0 Å². The van der Waals surface area contributed by atoms with E-state index in [4.69, 9.17) is 4.42 Å². The number of aromatic nitrogens is 2. The first-order valence-corrected chi connectivity index (χ1v) is 10.9. The maximum atomic E-state index is 13.5. The molecule has 2 aromatic rings. The van der Waals surface area contributed by atoms with Crippen LogP contribution in [-0.4, -0.2) is 50.3 Å². The summed E-state index contributed by atoms with van der Waals surface area (Å²) in [6.45, 7) is 4.64. The molecule has 1 aliphatic carbocycles. The highest BCUT2D eigenvalue weighted by atomic mass is 16.3. The first-order chi connectivity index (χ1) is 14.9. The maximum absolute atomic E-state index is 13.5. The Hall–Kier alpha value is -3.10. The number of hydrogen-bond acceptors (Lipinski definition) is 5. The van der Waals surface area contributed by atoms with Crippen molar-refractivity contribution < 1.29 is 18.8 Å². The lowest BCUT2D eigenvalue weighted by Gasteiger charge is -2.44. The third-order valence-electron chi connectivity index (χ3n) is 6.20. The lowest BCUT2D eigenvalue weighted by molar-refractivity contribution is -0.133. The molecule has 0 aromatic carbocycles. The van der Waals surface area contributed by atoms with Gasteiger partial charge in [-0.2, -0.15) is 0 Å². The number of imidazole rings is 1. The summed E-state index contributed by atoms with van der Waals surface area (Å²) in [4.78, 5) is 45.3. The highest BCUT2D eigenvalue weighted by molar-refractivity contribution is 6.07. The minimum atomic E-state index is -1.04. The van der Waals surface area contributed by atoms with Crippen LogP contribution >= 0.6 is 0 Å². The predicted octanol–water partition coefficient (Wildman–Crippen LogP) is 2.09. The molecule has 0 saturated heterocycles. The van der Waals surface area contributed by atoms with Gasteiger partial charge < -0.3 is 24.5 Å². The van der Waals surface area contributed by atoms with E-state index in [9.17, 15) is 14.4 Å². The summed E-state index contributed by atoms with van der Waals surface area (Å²) in [5.41, 5.74) is -0.752. The van der Waals surface area contributed by atoms with Crippen molar-refractivity contribution in [1.29, 1.82) is 0 Å². The summed E-state index contributed by atoms with van der Waals surface area (Å²) in [5.74, 6) is -0.340. The number of nitrogens with zero attached hydrogens (tertiary/aromatic N) is 3. The third-order valence-corrected chi connectivity index (χ3v) is 6.20. The molecule has 4 rings (SSSR count). The number of carbonyl (C=O) groups excluding carboxylic acids is 3. The van der Waals surface area contributed by atoms with Crippen molar-refractivity contribution in [1.82, 2.24) is 25.1 Å². The molecule has 2 aromatic heterocycles. The number of fused-ring (bicyclic) bond motifs is 1. The van der Waals surface area contributed by atoms with Crippen molar-refractivity contribution in [2.45, 2.75) is 70.6 Å². The van der Waals surface area contributed by atoms with Gasteiger partial charge in [-0.05, 0) is 38.3 Å². The van der Waals surface area contributed by atoms with Crippen LogP contribution in [0.1, 0.15) is 72.7 Å². The van der Waals surface area contributed by atoms with Crippen LogP contribution in [0.5, 0.6) is 0 Å². The summed E-state index contributed by atoms with van der Waals surface area (Å²) in [6.07, 6.45) is 7.87. The fraction of sp³-hybridized carbons (Fsp3) is 0.545. The van der Waals surface area contributed by atoms with Gasteiger partial charge in [0.1, 0.15) is 17.0 Å². The van der Waals surface area contributed by atoms with Crippen molar-refractivity contribution in [3.63, 3.8) is 0 Å². The Balaban J connectivity index is 1.58. The number of rotatable bonds is 7. The van der Waals surface area contributed by atoms with Crippen molar-refractivity contribution in [3.05, 3.63) is 41.9 Å². The number of carbonyl (C=O) groups is 3. The van der Waals surface area contributed by atoms with Crippen LogP contribution in [0.15, 0.2) is 29.1 Å². The predicted molar refractivity (Wildman–Crippen MR) is 112 cm³/mol. The third kappa shape index (κ3) is 3.96. The monoisotopic (exact) mass is 427 g/mol.